The van der Waals surface area contributed by atoms with Gasteiger partial charge in [0.25, 0.3) is 5.91 Å². The number of ether oxygens (including phenoxy) is 3. The Bertz CT molecular complexity index is 654. The molecule has 0 saturated heterocycles. The third-order valence-corrected chi connectivity index (χ3v) is 4.35. The van der Waals surface area contributed by atoms with Gasteiger partial charge >= 0.3 is 5.97 Å². The van der Waals surface area contributed by atoms with E-state index in [1.54, 1.807) is 25.1 Å². The highest BCUT2D eigenvalue weighted by Crippen LogP contribution is 2.42. The number of anilines is 1. The molecule has 0 aliphatic heterocycles. The lowest BCUT2D eigenvalue weighted by Gasteiger charge is -2.28. The molecule has 1 atom stereocenters. The van der Waals surface area contributed by atoms with Crippen molar-refractivity contribution in [2.24, 2.45) is 5.92 Å². The second-order valence-electron chi connectivity index (χ2n) is 6.87. The standard InChI is InChI=1S/C20H29NO5/c1-6-24-18(22)16-12-15(10-11-17(16)26-13(3)4)21-19(23)20(5,25-7-2)14-8-9-14/h10-14H,6-9H2,1-5H3,(H,21,23)/t20-/m0/s1. The van der Waals surface area contributed by atoms with Crippen molar-refractivity contribution >= 4 is 17.6 Å². The van der Waals surface area contributed by atoms with Gasteiger partial charge in [0.15, 0.2) is 0 Å². The summed E-state index contributed by atoms with van der Waals surface area (Å²) in [4.78, 5) is 25.1. The van der Waals surface area contributed by atoms with Gasteiger partial charge in [0, 0.05) is 12.3 Å². The Morgan fingerprint density at radius 3 is 2.46 bits per heavy atom. The summed E-state index contributed by atoms with van der Waals surface area (Å²) < 4.78 is 16.5. The molecule has 1 aromatic rings. The summed E-state index contributed by atoms with van der Waals surface area (Å²) in [6.07, 6.45) is 1.89. The highest BCUT2D eigenvalue weighted by molar-refractivity contribution is 6.00. The second-order valence-corrected chi connectivity index (χ2v) is 6.87. The zero-order valence-electron chi connectivity index (χ0n) is 16.3. The number of rotatable bonds is 9. The molecule has 1 aliphatic rings. The van der Waals surface area contributed by atoms with E-state index in [2.05, 4.69) is 5.32 Å². The van der Waals surface area contributed by atoms with Crippen LogP contribution in [0.15, 0.2) is 18.2 Å². The number of hydrogen-bond acceptors (Lipinski definition) is 5. The number of esters is 1. The van der Waals surface area contributed by atoms with E-state index in [4.69, 9.17) is 14.2 Å². The molecule has 0 aromatic heterocycles. The van der Waals surface area contributed by atoms with Crippen LogP contribution in [0.25, 0.3) is 0 Å². The number of hydrogen-bond donors (Lipinski definition) is 1. The lowest BCUT2D eigenvalue weighted by Crippen LogP contribution is -2.44. The molecule has 2 rings (SSSR count). The van der Waals surface area contributed by atoms with Gasteiger partial charge in [0.1, 0.15) is 16.9 Å². The number of nitrogens with one attached hydrogen (secondary N) is 1. The minimum absolute atomic E-state index is 0.0836. The van der Waals surface area contributed by atoms with Crippen LogP contribution in [0, 0.1) is 5.92 Å². The van der Waals surface area contributed by atoms with E-state index in [0.29, 0.717) is 23.6 Å². The third kappa shape index (κ3) is 4.75. The van der Waals surface area contributed by atoms with Gasteiger partial charge in [0.2, 0.25) is 0 Å². The van der Waals surface area contributed by atoms with Gasteiger partial charge in [-0.05, 0) is 71.6 Å². The molecular formula is C20H29NO5. The van der Waals surface area contributed by atoms with E-state index < -0.39 is 11.6 Å². The van der Waals surface area contributed by atoms with Gasteiger partial charge in [-0.15, -0.1) is 0 Å². The van der Waals surface area contributed by atoms with Crippen molar-refractivity contribution in [3.05, 3.63) is 23.8 Å². The lowest BCUT2D eigenvalue weighted by molar-refractivity contribution is -0.141. The topological polar surface area (TPSA) is 73.9 Å². The molecule has 0 radical (unpaired) electrons. The fourth-order valence-electron chi connectivity index (χ4n) is 2.89. The molecule has 1 aliphatic carbocycles. The Balaban J connectivity index is 2.24. The summed E-state index contributed by atoms with van der Waals surface area (Å²) in [5, 5.41) is 2.88. The highest BCUT2D eigenvalue weighted by Gasteiger charge is 2.48. The molecule has 1 saturated carbocycles. The molecule has 6 heteroatoms. The number of carbonyl (C=O) groups excluding carboxylic acids is 2. The fraction of sp³-hybridized carbons (Fsp3) is 0.600. The van der Waals surface area contributed by atoms with E-state index in [1.165, 1.54) is 0 Å². The maximum atomic E-state index is 12.8. The molecule has 0 bridgehead atoms. The summed E-state index contributed by atoms with van der Waals surface area (Å²) in [6.45, 7) is 9.95. The maximum Gasteiger partial charge on any atom is 0.341 e. The van der Waals surface area contributed by atoms with Crippen molar-refractivity contribution in [1.29, 1.82) is 0 Å². The van der Waals surface area contributed by atoms with Crippen LogP contribution in [0.2, 0.25) is 0 Å². The monoisotopic (exact) mass is 363 g/mol. The number of benzene rings is 1. The van der Waals surface area contributed by atoms with Crippen molar-refractivity contribution in [2.45, 2.75) is 59.2 Å². The summed E-state index contributed by atoms with van der Waals surface area (Å²) in [5.41, 5.74) is -0.0463. The van der Waals surface area contributed by atoms with E-state index in [1.807, 2.05) is 27.7 Å². The minimum atomic E-state index is -0.855. The molecular weight excluding hydrogens is 334 g/mol. The summed E-state index contributed by atoms with van der Waals surface area (Å²) in [5.74, 6) is -0.00932. The van der Waals surface area contributed by atoms with Crippen LogP contribution in [-0.4, -0.2) is 36.8 Å². The molecule has 0 heterocycles. The molecule has 1 amide bonds. The zero-order valence-corrected chi connectivity index (χ0v) is 16.3. The predicted molar refractivity (Wildman–Crippen MR) is 99.5 cm³/mol. The summed E-state index contributed by atoms with van der Waals surface area (Å²) in [7, 11) is 0. The molecule has 1 fully saturated rings. The van der Waals surface area contributed by atoms with Gasteiger partial charge < -0.3 is 19.5 Å². The van der Waals surface area contributed by atoms with Gasteiger partial charge in [0.05, 0.1) is 12.7 Å². The molecule has 144 valence electrons. The summed E-state index contributed by atoms with van der Waals surface area (Å²) >= 11 is 0. The third-order valence-electron chi connectivity index (χ3n) is 4.35. The Morgan fingerprint density at radius 1 is 1.23 bits per heavy atom. The quantitative estimate of drug-likeness (QED) is 0.676. The summed E-state index contributed by atoms with van der Waals surface area (Å²) in [6, 6.07) is 4.99. The first kappa shape index (κ1) is 20.2. The first-order valence-electron chi connectivity index (χ1n) is 9.25. The Kier molecular flexibility index (Phi) is 6.64. The van der Waals surface area contributed by atoms with Crippen LogP contribution >= 0.6 is 0 Å². The maximum absolute atomic E-state index is 12.8. The molecule has 1 N–H and O–H groups in total. The molecule has 1 aromatic carbocycles. The van der Waals surface area contributed by atoms with Crippen LogP contribution in [0.1, 0.15) is 57.8 Å². The largest absolute Gasteiger partial charge is 0.490 e. The van der Waals surface area contributed by atoms with Gasteiger partial charge in [-0.25, -0.2) is 4.79 Å². The number of amides is 1. The highest BCUT2D eigenvalue weighted by atomic mass is 16.5. The second kappa shape index (κ2) is 8.54. The van der Waals surface area contributed by atoms with Crippen LogP contribution in [-0.2, 0) is 14.3 Å². The number of carbonyl (C=O) groups is 2. The van der Waals surface area contributed by atoms with Gasteiger partial charge in [-0.1, -0.05) is 0 Å². The van der Waals surface area contributed by atoms with Crippen LogP contribution < -0.4 is 10.1 Å². The molecule has 26 heavy (non-hydrogen) atoms. The average molecular weight is 363 g/mol. The van der Waals surface area contributed by atoms with Crippen molar-refractivity contribution in [3.63, 3.8) is 0 Å². The minimum Gasteiger partial charge on any atom is -0.490 e. The SMILES string of the molecule is CCOC(=O)c1cc(NC(=O)[C@@](C)(OCC)C2CC2)ccc1OC(C)C. The van der Waals surface area contributed by atoms with E-state index in [0.717, 1.165) is 12.8 Å². The molecule has 0 spiro atoms. The van der Waals surface area contributed by atoms with Crippen molar-refractivity contribution in [3.8, 4) is 5.75 Å². The Hall–Kier alpha value is -2.08. The van der Waals surface area contributed by atoms with Gasteiger partial charge in [-0.3, -0.25) is 4.79 Å². The predicted octanol–water partition coefficient (Wildman–Crippen LogP) is 3.79. The van der Waals surface area contributed by atoms with Crippen molar-refractivity contribution < 1.29 is 23.8 Å². The Morgan fingerprint density at radius 2 is 1.92 bits per heavy atom. The van der Waals surface area contributed by atoms with Crippen LogP contribution in [0.5, 0.6) is 5.75 Å². The smallest absolute Gasteiger partial charge is 0.341 e. The van der Waals surface area contributed by atoms with E-state index in [9.17, 15) is 9.59 Å². The van der Waals surface area contributed by atoms with Gasteiger partial charge in [-0.2, -0.15) is 0 Å². The fourth-order valence-corrected chi connectivity index (χ4v) is 2.89. The molecule has 0 unspecified atom stereocenters. The van der Waals surface area contributed by atoms with E-state index in [-0.39, 0.29) is 24.5 Å². The van der Waals surface area contributed by atoms with Crippen molar-refractivity contribution in [2.75, 3.05) is 18.5 Å². The van der Waals surface area contributed by atoms with Crippen LogP contribution in [0.3, 0.4) is 0 Å². The van der Waals surface area contributed by atoms with Crippen LogP contribution in [0.4, 0.5) is 5.69 Å². The molecule has 6 nitrogen and oxygen atoms in total. The average Bonchev–Trinajstić information content (AvgIpc) is 3.41. The van der Waals surface area contributed by atoms with E-state index >= 15 is 0 Å². The lowest BCUT2D eigenvalue weighted by atomic mass is 9.98. The normalized spacial score (nSPS) is 16.1. The first-order chi connectivity index (χ1) is 12.3. The van der Waals surface area contributed by atoms with Crippen molar-refractivity contribution in [1.82, 2.24) is 0 Å². The first-order valence-corrected chi connectivity index (χ1v) is 9.25. The Labute approximate surface area is 155 Å². The zero-order chi connectivity index (χ0) is 19.3.